The molecule has 0 saturated heterocycles. The maximum Gasteiger partial charge on any atom is 0.122 e. The summed E-state index contributed by atoms with van der Waals surface area (Å²) in [5, 5.41) is 0. The molecule has 1 aliphatic carbocycles. The van der Waals surface area contributed by atoms with Crippen LogP contribution in [0.15, 0.2) is 35.1 Å². The van der Waals surface area contributed by atoms with Crippen LogP contribution in [0.2, 0.25) is 0 Å². The van der Waals surface area contributed by atoms with Crippen molar-refractivity contribution in [3.8, 4) is 0 Å². The third kappa shape index (κ3) is 2.48. The number of ether oxygens (including phenoxy) is 1. The largest absolute Gasteiger partial charge is 0.489 e. The second-order valence-electron chi connectivity index (χ2n) is 3.11. The quantitative estimate of drug-likeness (QED) is 0.550. The minimum Gasteiger partial charge on any atom is -0.489 e. The second-order valence-corrected chi connectivity index (χ2v) is 3.11. The van der Waals surface area contributed by atoms with Gasteiger partial charge in [0.2, 0.25) is 0 Å². The van der Waals surface area contributed by atoms with Gasteiger partial charge in [0.05, 0.1) is 0 Å². The zero-order chi connectivity index (χ0) is 9.68. The molecule has 13 heavy (non-hydrogen) atoms. The molecule has 1 aliphatic heterocycles. The highest BCUT2D eigenvalue weighted by Gasteiger charge is 2.11. The summed E-state index contributed by atoms with van der Waals surface area (Å²) in [6.07, 6.45) is 8.81. The number of rotatable bonds is 0. The maximum atomic E-state index is 5.52. The smallest absolute Gasteiger partial charge is 0.122 e. The summed E-state index contributed by atoms with van der Waals surface area (Å²) in [4.78, 5) is 0. The van der Waals surface area contributed by atoms with E-state index in [-0.39, 0.29) is 0 Å². The lowest BCUT2D eigenvalue weighted by Crippen LogP contribution is -2.06. The van der Waals surface area contributed by atoms with Crippen molar-refractivity contribution in [3.05, 3.63) is 35.1 Å². The van der Waals surface area contributed by atoms with Crippen LogP contribution in [0.3, 0.4) is 0 Å². The zero-order valence-corrected chi connectivity index (χ0v) is 8.76. The van der Waals surface area contributed by atoms with Crippen LogP contribution in [-0.4, -0.2) is 6.61 Å². The van der Waals surface area contributed by atoms with Gasteiger partial charge in [-0.1, -0.05) is 26.0 Å². The van der Waals surface area contributed by atoms with Gasteiger partial charge in [0.1, 0.15) is 12.4 Å². The molecule has 0 radical (unpaired) electrons. The Morgan fingerprint density at radius 2 is 2.08 bits per heavy atom. The summed E-state index contributed by atoms with van der Waals surface area (Å²) >= 11 is 0. The summed E-state index contributed by atoms with van der Waals surface area (Å²) in [5.74, 6) is 1.09. The Hall–Kier alpha value is -0.980. The Morgan fingerprint density at radius 1 is 1.31 bits per heavy atom. The van der Waals surface area contributed by atoms with Gasteiger partial charge in [-0.3, -0.25) is 0 Å². The third-order valence-corrected chi connectivity index (χ3v) is 2.04. The standard InChI is InChI=1S/C10H12O.C2H6/c1-8-6-9-4-2-3-5-10(9)11-7-8;1-2/h3,5-6H,2,4,7H2,1H3;1-2H3. The van der Waals surface area contributed by atoms with Gasteiger partial charge in [0.25, 0.3) is 0 Å². The Labute approximate surface area is 80.8 Å². The van der Waals surface area contributed by atoms with Crippen LogP contribution in [0.25, 0.3) is 0 Å². The molecule has 1 heteroatoms. The summed E-state index contributed by atoms with van der Waals surface area (Å²) in [7, 11) is 0. The van der Waals surface area contributed by atoms with E-state index in [0.717, 1.165) is 25.2 Å². The first-order valence-electron chi connectivity index (χ1n) is 5.06. The Bertz CT molecular complexity index is 256. The minimum atomic E-state index is 0.767. The molecule has 0 aromatic heterocycles. The lowest BCUT2D eigenvalue weighted by molar-refractivity contribution is 0.242. The molecule has 1 nitrogen and oxygen atoms in total. The molecule has 72 valence electrons. The molecule has 0 N–H and O–H groups in total. The van der Waals surface area contributed by atoms with Gasteiger partial charge in [-0.2, -0.15) is 0 Å². The van der Waals surface area contributed by atoms with E-state index in [1.807, 2.05) is 13.8 Å². The molecule has 0 fully saturated rings. The van der Waals surface area contributed by atoms with E-state index in [0.29, 0.717) is 0 Å². The van der Waals surface area contributed by atoms with Crippen LogP contribution >= 0.6 is 0 Å². The molecule has 1 heterocycles. The molecule has 0 atom stereocenters. The summed E-state index contributed by atoms with van der Waals surface area (Å²) in [6.45, 7) is 6.88. The number of hydrogen-bond donors (Lipinski definition) is 0. The maximum absolute atomic E-state index is 5.52. The van der Waals surface area contributed by atoms with Crippen molar-refractivity contribution in [1.82, 2.24) is 0 Å². The Balaban J connectivity index is 0.000000396. The van der Waals surface area contributed by atoms with E-state index in [1.54, 1.807) is 0 Å². The van der Waals surface area contributed by atoms with Crippen molar-refractivity contribution in [3.63, 3.8) is 0 Å². The van der Waals surface area contributed by atoms with E-state index < -0.39 is 0 Å². The van der Waals surface area contributed by atoms with Crippen LogP contribution in [0.4, 0.5) is 0 Å². The zero-order valence-electron chi connectivity index (χ0n) is 8.76. The topological polar surface area (TPSA) is 9.23 Å². The molecule has 0 amide bonds. The lowest BCUT2D eigenvalue weighted by Gasteiger charge is -2.19. The molecule has 0 bridgehead atoms. The molecule has 0 saturated carbocycles. The summed E-state index contributed by atoms with van der Waals surface area (Å²) in [5.41, 5.74) is 2.70. The van der Waals surface area contributed by atoms with E-state index in [4.69, 9.17) is 4.74 Å². The van der Waals surface area contributed by atoms with Gasteiger partial charge in [0.15, 0.2) is 0 Å². The highest BCUT2D eigenvalue weighted by atomic mass is 16.5. The molecular weight excluding hydrogens is 160 g/mol. The van der Waals surface area contributed by atoms with E-state index in [1.165, 1.54) is 11.1 Å². The second kappa shape index (κ2) is 4.90. The van der Waals surface area contributed by atoms with Crippen LogP contribution in [0.1, 0.15) is 33.6 Å². The van der Waals surface area contributed by atoms with Crippen LogP contribution < -0.4 is 0 Å². The molecule has 0 unspecified atom stereocenters. The average Bonchev–Trinajstić information content (AvgIpc) is 2.21. The van der Waals surface area contributed by atoms with Crippen molar-refractivity contribution >= 4 is 0 Å². The Morgan fingerprint density at radius 3 is 2.85 bits per heavy atom. The average molecular weight is 178 g/mol. The molecule has 0 spiro atoms. The molecule has 0 aromatic carbocycles. The highest BCUT2D eigenvalue weighted by Crippen LogP contribution is 2.25. The summed E-state index contributed by atoms with van der Waals surface area (Å²) < 4.78 is 5.52. The van der Waals surface area contributed by atoms with Gasteiger partial charge < -0.3 is 4.74 Å². The normalized spacial score (nSPS) is 19.5. The monoisotopic (exact) mass is 178 g/mol. The van der Waals surface area contributed by atoms with E-state index >= 15 is 0 Å². The predicted octanol–water partition coefficient (Wildman–Crippen LogP) is 3.59. The van der Waals surface area contributed by atoms with Crippen molar-refractivity contribution in [2.75, 3.05) is 6.61 Å². The third-order valence-electron chi connectivity index (χ3n) is 2.04. The van der Waals surface area contributed by atoms with Gasteiger partial charge in [0, 0.05) is 0 Å². The lowest BCUT2D eigenvalue weighted by atomic mass is 10.00. The van der Waals surface area contributed by atoms with Crippen LogP contribution in [0.5, 0.6) is 0 Å². The van der Waals surface area contributed by atoms with Gasteiger partial charge in [-0.15, -0.1) is 0 Å². The first-order chi connectivity index (χ1) is 6.36. The van der Waals surface area contributed by atoms with Crippen molar-refractivity contribution < 1.29 is 4.74 Å². The number of hydrogen-bond acceptors (Lipinski definition) is 1. The molecule has 0 aromatic rings. The molecular formula is C12H18O. The highest BCUT2D eigenvalue weighted by molar-refractivity contribution is 5.36. The van der Waals surface area contributed by atoms with Crippen molar-refractivity contribution in [1.29, 1.82) is 0 Å². The molecule has 2 rings (SSSR count). The minimum absolute atomic E-state index is 0.767. The fraction of sp³-hybridized carbons (Fsp3) is 0.500. The van der Waals surface area contributed by atoms with E-state index in [2.05, 4.69) is 25.2 Å². The first-order valence-corrected chi connectivity index (χ1v) is 5.06. The summed E-state index contributed by atoms with van der Waals surface area (Å²) in [6, 6.07) is 0. The predicted molar refractivity (Wildman–Crippen MR) is 56.5 cm³/mol. The van der Waals surface area contributed by atoms with Crippen LogP contribution in [-0.2, 0) is 4.74 Å². The molecule has 2 aliphatic rings. The van der Waals surface area contributed by atoms with Gasteiger partial charge in [-0.05, 0) is 37.0 Å². The van der Waals surface area contributed by atoms with Crippen molar-refractivity contribution in [2.45, 2.75) is 33.6 Å². The van der Waals surface area contributed by atoms with E-state index in [9.17, 15) is 0 Å². The fourth-order valence-corrected chi connectivity index (χ4v) is 1.47. The number of allylic oxidation sites excluding steroid dienone is 4. The first kappa shape index (κ1) is 10.1. The van der Waals surface area contributed by atoms with Gasteiger partial charge in [-0.25, -0.2) is 0 Å². The van der Waals surface area contributed by atoms with Crippen molar-refractivity contribution in [2.24, 2.45) is 0 Å². The fourth-order valence-electron chi connectivity index (χ4n) is 1.47. The SMILES string of the molecule is CC.CC1=CC2=C(C=CCC2)OC1. The van der Waals surface area contributed by atoms with Crippen LogP contribution in [0, 0.1) is 0 Å². The van der Waals surface area contributed by atoms with Gasteiger partial charge >= 0.3 is 0 Å². The Kier molecular flexibility index (Phi) is 3.81.